The number of carbonyl (C=O) groups is 4. The van der Waals surface area contributed by atoms with Gasteiger partial charge >= 0.3 is 17.9 Å². The van der Waals surface area contributed by atoms with Gasteiger partial charge in [-0.2, -0.15) is 0 Å². The van der Waals surface area contributed by atoms with Crippen molar-refractivity contribution >= 4 is 40.8 Å². The van der Waals surface area contributed by atoms with Gasteiger partial charge in [0.05, 0.1) is 57.3 Å². The summed E-state index contributed by atoms with van der Waals surface area (Å²) in [6, 6.07) is 0. The Balaban J connectivity index is 1.62. The molecule has 408 valence electrons. The Bertz CT molecular complexity index is 1830. The third kappa shape index (κ3) is 16.4. The Morgan fingerprint density at radius 1 is 0.845 bits per heavy atom. The average Bonchev–Trinajstić information content (AvgIpc) is 3.24. The summed E-state index contributed by atoms with van der Waals surface area (Å²) in [5.74, 6) is -3.26. The maximum atomic E-state index is 14.6. The highest BCUT2D eigenvalue weighted by Gasteiger charge is 2.58. The molecular weight excluding hydrogens is 941 g/mol. The van der Waals surface area contributed by atoms with Crippen LogP contribution in [0, 0.1) is 23.2 Å². The van der Waals surface area contributed by atoms with Gasteiger partial charge in [0.25, 0.3) is 0 Å². The Morgan fingerprint density at radius 2 is 1.49 bits per heavy atom. The number of hydrogen-bond acceptors (Lipinski definition) is 14. The van der Waals surface area contributed by atoms with E-state index >= 15 is 0 Å². The van der Waals surface area contributed by atoms with E-state index < -0.39 is 75.9 Å². The minimum atomic E-state index is -2.41. The van der Waals surface area contributed by atoms with Crippen LogP contribution in [0.5, 0.6) is 0 Å². The van der Waals surface area contributed by atoms with Gasteiger partial charge in [-0.15, -0.1) is 0 Å². The summed E-state index contributed by atoms with van der Waals surface area (Å²) in [4.78, 5) is 51.9. The van der Waals surface area contributed by atoms with Crippen LogP contribution >= 0.6 is 0 Å². The molecule has 0 amide bonds. The van der Waals surface area contributed by atoms with Gasteiger partial charge in [-0.25, -0.2) is 4.79 Å². The monoisotopic (exact) mass is 1040 g/mol. The van der Waals surface area contributed by atoms with Crippen LogP contribution in [0.4, 0.5) is 0 Å². The summed E-state index contributed by atoms with van der Waals surface area (Å²) in [5.41, 5.74) is -1.09. The van der Waals surface area contributed by atoms with E-state index in [9.17, 15) is 24.3 Å². The van der Waals surface area contributed by atoms with E-state index in [1.165, 1.54) is 31.8 Å². The zero-order valence-electron chi connectivity index (χ0n) is 46.9. The highest BCUT2D eigenvalue weighted by molar-refractivity contribution is 6.74. The molecule has 71 heavy (non-hydrogen) atoms. The van der Waals surface area contributed by atoms with Crippen molar-refractivity contribution in [1.29, 1.82) is 0 Å². The fourth-order valence-electron chi connectivity index (χ4n) is 10.2. The standard InChI is InChI=1S/C55H96O14Si2/c1-18-47(57)66-50-39(30-48(58)61-13)29-43(68-55(50,60)53(11,12)26-20-27-56)33-45(36-63-70(14,15)51(5,6)7)65-49(59)34-44(69-71(16,17)52(8,9)10)32-41-22-19-21-40(64-41)31-42-25-28-62-54(67-42)35-38(4)23-24-46(54)37(2)3/h20,26-27,30,37-38,40-46,50,60H,18-19,21-25,28-29,31-36H2,1-17H3/t38-,40-,41+,42+,43+,44-,45-,46+,50+,54?,55-/m1/s1. The Labute approximate surface area is 430 Å². The zero-order valence-corrected chi connectivity index (χ0v) is 48.9. The molecule has 1 saturated carbocycles. The summed E-state index contributed by atoms with van der Waals surface area (Å²) in [7, 11) is -3.58. The smallest absolute Gasteiger partial charge is 0.330 e. The highest BCUT2D eigenvalue weighted by Crippen LogP contribution is 2.49. The molecule has 0 bridgehead atoms. The third-order valence-corrected chi connectivity index (χ3v) is 25.6. The molecule has 3 aliphatic heterocycles. The van der Waals surface area contributed by atoms with E-state index in [0.29, 0.717) is 37.1 Å². The number of aliphatic hydroxyl groups is 1. The molecule has 14 nitrogen and oxygen atoms in total. The first-order valence-electron chi connectivity index (χ1n) is 26.8. The summed E-state index contributed by atoms with van der Waals surface area (Å²) >= 11 is 0. The molecule has 0 aromatic carbocycles. The van der Waals surface area contributed by atoms with Gasteiger partial charge in [0.1, 0.15) is 12.4 Å². The molecule has 1 aliphatic carbocycles. The summed E-state index contributed by atoms with van der Waals surface area (Å²) in [6.45, 7) is 34.1. The van der Waals surface area contributed by atoms with Gasteiger partial charge in [-0.3, -0.25) is 14.4 Å². The Morgan fingerprint density at radius 3 is 2.10 bits per heavy atom. The Hall–Kier alpha value is -2.29. The number of allylic oxidation sites excluding steroid dienone is 1. The van der Waals surface area contributed by atoms with Gasteiger partial charge in [-0.05, 0) is 111 Å². The first-order chi connectivity index (χ1) is 32.8. The highest BCUT2D eigenvalue weighted by atomic mass is 28.4. The minimum Gasteiger partial charge on any atom is -0.466 e. The zero-order chi connectivity index (χ0) is 53.4. The molecule has 3 heterocycles. The molecule has 1 N–H and O–H groups in total. The molecule has 1 spiro atoms. The van der Waals surface area contributed by atoms with Crippen LogP contribution in [0.15, 0.2) is 23.8 Å². The molecule has 11 atom stereocenters. The van der Waals surface area contributed by atoms with Crippen molar-refractivity contribution < 1.29 is 66.3 Å². The van der Waals surface area contributed by atoms with Crippen LogP contribution in [-0.2, 0) is 61.2 Å². The second kappa shape index (κ2) is 25.0. The van der Waals surface area contributed by atoms with Crippen LogP contribution in [0.25, 0.3) is 0 Å². The number of hydrogen-bond donors (Lipinski definition) is 1. The van der Waals surface area contributed by atoms with Crippen molar-refractivity contribution in [2.75, 3.05) is 20.3 Å². The molecule has 0 aromatic heterocycles. The SMILES string of the molecule is CCC(=O)O[C@H]1C(=CC(=O)OC)C[C@@H](C[C@H](CO[Si](C)(C)C(C)(C)C)OC(=O)C[C@@H](C[C@@H]2CCC[C@H](C[C@@H]3CCOC4(C[C@H](C)CC[C@H]4C(C)C)O3)O2)O[Si](C)(C)C(C)(C)C)O[C@@]1(O)C(C)(C)C=CC=O. The van der Waals surface area contributed by atoms with Gasteiger partial charge in [0.15, 0.2) is 28.5 Å². The summed E-state index contributed by atoms with van der Waals surface area (Å²) in [5, 5.41) is 12.4. The summed E-state index contributed by atoms with van der Waals surface area (Å²) < 4.78 is 58.2. The van der Waals surface area contributed by atoms with Crippen molar-refractivity contribution in [3.63, 3.8) is 0 Å². The van der Waals surface area contributed by atoms with Crippen LogP contribution in [0.1, 0.15) is 167 Å². The molecule has 0 aromatic rings. The van der Waals surface area contributed by atoms with Crippen molar-refractivity contribution in [3.05, 3.63) is 23.8 Å². The first kappa shape index (κ1) is 61.3. The predicted molar refractivity (Wildman–Crippen MR) is 279 cm³/mol. The molecule has 1 unspecified atom stereocenters. The quantitative estimate of drug-likeness (QED) is 0.0378. The number of aldehydes is 1. The maximum absolute atomic E-state index is 14.6. The molecule has 16 heteroatoms. The average molecular weight is 1040 g/mol. The van der Waals surface area contributed by atoms with Crippen molar-refractivity contribution in [1.82, 2.24) is 0 Å². The lowest BCUT2D eigenvalue weighted by molar-refractivity contribution is -0.342. The lowest BCUT2D eigenvalue weighted by atomic mass is 9.72. The van der Waals surface area contributed by atoms with E-state index in [1.54, 1.807) is 20.8 Å². The second-order valence-electron chi connectivity index (χ2n) is 25.2. The van der Waals surface area contributed by atoms with Crippen LogP contribution in [0.3, 0.4) is 0 Å². The van der Waals surface area contributed by atoms with E-state index in [1.807, 2.05) is 0 Å². The van der Waals surface area contributed by atoms with Gasteiger partial charge < -0.3 is 47.1 Å². The van der Waals surface area contributed by atoms with Gasteiger partial charge in [0.2, 0.25) is 5.79 Å². The van der Waals surface area contributed by atoms with Crippen molar-refractivity contribution in [2.24, 2.45) is 23.2 Å². The number of rotatable bonds is 21. The minimum absolute atomic E-state index is 0.00723. The number of carbonyl (C=O) groups excluding carboxylic acids is 4. The maximum Gasteiger partial charge on any atom is 0.330 e. The molecule has 3 saturated heterocycles. The normalized spacial score (nSPS) is 30.9. The number of methoxy groups -OCH3 is 1. The third-order valence-electron chi connectivity index (χ3n) is 16.6. The fraction of sp³-hybridized carbons (Fsp3) is 0.855. The number of esters is 3. The van der Waals surface area contributed by atoms with Gasteiger partial charge in [0, 0.05) is 36.7 Å². The predicted octanol–water partition coefficient (Wildman–Crippen LogP) is 11.1. The number of ether oxygens (including phenoxy) is 7. The Kier molecular flexibility index (Phi) is 21.6. The molecule has 0 radical (unpaired) electrons. The lowest BCUT2D eigenvalue weighted by Crippen LogP contribution is -2.62. The topological polar surface area (TPSA) is 172 Å². The fourth-order valence-corrected chi connectivity index (χ4v) is 12.6. The second-order valence-corrected chi connectivity index (χ2v) is 34.7. The summed E-state index contributed by atoms with van der Waals surface area (Å²) in [6.07, 6.45) is 9.00. The molecule has 4 aliphatic rings. The van der Waals surface area contributed by atoms with Crippen molar-refractivity contribution in [2.45, 2.75) is 257 Å². The molecular formula is C55H96O14Si2. The van der Waals surface area contributed by atoms with E-state index in [4.69, 9.17) is 42.0 Å². The van der Waals surface area contributed by atoms with E-state index in [-0.39, 0.29) is 66.3 Å². The van der Waals surface area contributed by atoms with E-state index in [2.05, 4.69) is 88.5 Å². The molecule has 4 rings (SSSR count). The van der Waals surface area contributed by atoms with Crippen LogP contribution in [-0.4, -0.2) is 121 Å². The van der Waals surface area contributed by atoms with Crippen LogP contribution in [0.2, 0.25) is 36.3 Å². The molecule has 4 fully saturated rings. The van der Waals surface area contributed by atoms with Gasteiger partial charge in [-0.1, -0.05) is 95.6 Å². The van der Waals surface area contributed by atoms with Crippen LogP contribution < -0.4 is 0 Å². The largest absolute Gasteiger partial charge is 0.466 e. The van der Waals surface area contributed by atoms with E-state index in [0.717, 1.165) is 44.9 Å². The van der Waals surface area contributed by atoms with Crippen molar-refractivity contribution in [3.8, 4) is 0 Å². The first-order valence-corrected chi connectivity index (χ1v) is 32.6. The lowest BCUT2D eigenvalue weighted by Gasteiger charge is -2.51.